The maximum atomic E-state index is 9.24. The average Bonchev–Trinajstić information content (AvgIpc) is 2.91. The number of rotatable bonds is 6. The van der Waals surface area contributed by atoms with Gasteiger partial charge in [-0.15, -0.1) is 0 Å². The van der Waals surface area contributed by atoms with E-state index in [1.807, 2.05) is 41.1 Å². The number of aromatic nitrogens is 2. The number of aliphatic hydroxyl groups excluding tert-OH is 1. The smallest absolute Gasteiger partial charge is 0.229 e. The van der Waals surface area contributed by atoms with Gasteiger partial charge in [-0.05, 0) is 52.1 Å². The van der Waals surface area contributed by atoms with Crippen LogP contribution in [0.5, 0.6) is 5.88 Å². The van der Waals surface area contributed by atoms with Gasteiger partial charge in [0.1, 0.15) is 5.82 Å². The summed E-state index contributed by atoms with van der Waals surface area (Å²) in [6.07, 6.45) is 1.99. The van der Waals surface area contributed by atoms with Gasteiger partial charge in [0.25, 0.3) is 0 Å². The normalized spacial score (nSPS) is 11.0. The van der Waals surface area contributed by atoms with Gasteiger partial charge < -0.3 is 19.1 Å². The maximum Gasteiger partial charge on any atom is 0.229 e. The van der Waals surface area contributed by atoms with E-state index in [1.165, 1.54) is 11.9 Å². The van der Waals surface area contributed by atoms with Gasteiger partial charge in [-0.25, -0.2) is 0 Å². The summed E-state index contributed by atoms with van der Waals surface area (Å²) >= 11 is 10.9. The van der Waals surface area contributed by atoms with Crippen LogP contribution in [0.4, 0.5) is 5.82 Å². The van der Waals surface area contributed by atoms with E-state index in [2.05, 4.69) is 25.6 Å². The van der Waals surface area contributed by atoms with E-state index in [1.54, 1.807) is 7.11 Å². The molecule has 0 amide bonds. The Morgan fingerprint density at radius 2 is 2.21 bits per heavy atom. The topological polar surface area (TPSA) is 59.3 Å². The SMILES string of the molecule is COc1nc(NSc2cn(CCO)c3cc(Cl)ccc23)ccc1Br. The van der Waals surface area contributed by atoms with Crippen LogP contribution in [-0.2, 0) is 6.54 Å². The van der Waals surface area contributed by atoms with Crippen molar-refractivity contribution in [1.82, 2.24) is 9.55 Å². The van der Waals surface area contributed by atoms with E-state index in [0.29, 0.717) is 23.3 Å². The zero-order chi connectivity index (χ0) is 17.1. The van der Waals surface area contributed by atoms with E-state index >= 15 is 0 Å². The number of halogens is 2. The Morgan fingerprint density at radius 3 is 2.96 bits per heavy atom. The predicted octanol–water partition coefficient (Wildman–Crippen LogP) is 4.57. The Kier molecular flexibility index (Phi) is 5.55. The fraction of sp³-hybridized carbons (Fsp3) is 0.188. The summed E-state index contributed by atoms with van der Waals surface area (Å²) in [5, 5.41) is 11.0. The second-order valence-electron chi connectivity index (χ2n) is 4.96. The lowest BCUT2D eigenvalue weighted by molar-refractivity contribution is 0.278. The number of pyridine rings is 1. The third-order valence-corrected chi connectivity index (χ3v) is 5.12. The molecule has 3 rings (SSSR count). The standard InChI is InChI=1S/C16H15BrClN3O2S/c1-23-16-12(17)4-5-15(19-16)20-24-14-9-21(6-7-22)13-8-10(18)2-3-11(13)14/h2-5,8-9,22H,6-7H2,1H3,(H,19,20). The Bertz CT molecular complexity index is 872. The van der Waals surface area contributed by atoms with E-state index in [-0.39, 0.29) is 6.61 Å². The van der Waals surface area contributed by atoms with Gasteiger partial charge in [0.15, 0.2) is 0 Å². The van der Waals surface area contributed by atoms with Crippen molar-refractivity contribution < 1.29 is 9.84 Å². The molecule has 1 aromatic carbocycles. The molecule has 0 aliphatic rings. The first-order chi connectivity index (χ1) is 11.6. The van der Waals surface area contributed by atoms with Crippen LogP contribution in [0.15, 0.2) is 45.9 Å². The average molecular weight is 429 g/mol. The molecule has 3 aromatic rings. The molecule has 2 aromatic heterocycles. The fourth-order valence-electron chi connectivity index (χ4n) is 2.34. The highest BCUT2D eigenvalue weighted by atomic mass is 79.9. The number of anilines is 1. The van der Waals surface area contributed by atoms with Crippen molar-refractivity contribution >= 4 is 56.2 Å². The summed E-state index contributed by atoms with van der Waals surface area (Å²) < 4.78 is 11.2. The lowest BCUT2D eigenvalue weighted by Gasteiger charge is -2.07. The van der Waals surface area contributed by atoms with Crippen LogP contribution in [0.2, 0.25) is 5.02 Å². The lowest BCUT2D eigenvalue weighted by Crippen LogP contribution is -1.99. The predicted molar refractivity (Wildman–Crippen MR) is 102 cm³/mol. The van der Waals surface area contributed by atoms with Crippen LogP contribution in [0.1, 0.15) is 0 Å². The number of aliphatic hydroxyl groups is 1. The molecule has 0 aliphatic carbocycles. The van der Waals surface area contributed by atoms with E-state index in [4.69, 9.17) is 16.3 Å². The second kappa shape index (κ2) is 7.65. The molecular formula is C16H15BrClN3O2S. The van der Waals surface area contributed by atoms with Crippen molar-refractivity contribution in [3.63, 3.8) is 0 Å². The molecule has 2 heterocycles. The molecule has 0 unspecified atom stereocenters. The van der Waals surface area contributed by atoms with E-state index < -0.39 is 0 Å². The number of hydrogen-bond acceptors (Lipinski definition) is 5. The van der Waals surface area contributed by atoms with Gasteiger partial charge in [-0.3, -0.25) is 0 Å². The van der Waals surface area contributed by atoms with Crippen LogP contribution in [0.3, 0.4) is 0 Å². The largest absolute Gasteiger partial charge is 0.480 e. The van der Waals surface area contributed by atoms with E-state index in [9.17, 15) is 5.11 Å². The zero-order valence-corrected chi connectivity index (χ0v) is 16.0. The van der Waals surface area contributed by atoms with E-state index in [0.717, 1.165) is 20.3 Å². The Labute approximate surface area is 157 Å². The molecule has 0 saturated heterocycles. The van der Waals surface area contributed by atoms with Gasteiger partial charge in [0.2, 0.25) is 5.88 Å². The van der Waals surface area contributed by atoms with Crippen molar-refractivity contribution in [1.29, 1.82) is 0 Å². The van der Waals surface area contributed by atoms with Gasteiger partial charge in [-0.2, -0.15) is 4.98 Å². The molecule has 24 heavy (non-hydrogen) atoms. The highest BCUT2D eigenvalue weighted by Gasteiger charge is 2.11. The number of ether oxygens (including phenoxy) is 1. The minimum absolute atomic E-state index is 0.0687. The maximum absolute atomic E-state index is 9.24. The Hall–Kier alpha value is -1.41. The minimum Gasteiger partial charge on any atom is -0.480 e. The first-order valence-corrected chi connectivity index (χ1v) is 9.13. The molecule has 0 radical (unpaired) electrons. The molecule has 2 N–H and O–H groups in total. The summed E-state index contributed by atoms with van der Waals surface area (Å²) in [4.78, 5) is 5.40. The van der Waals surface area contributed by atoms with Crippen molar-refractivity contribution in [2.45, 2.75) is 11.4 Å². The summed E-state index contributed by atoms with van der Waals surface area (Å²) in [5.41, 5.74) is 0.988. The summed E-state index contributed by atoms with van der Waals surface area (Å²) in [6, 6.07) is 9.48. The van der Waals surface area contributed by atoms with Crippen LogP contribution in [0.25, 0.3) is 10.9 Å². The molecule has 0 fully saturated rings. The quantitative estimate of drug-likeness (QED) is 0.563. The molecule has 8 heteroatoms. The molecule has 5 nitrogen and oxygen atoms in total. The molecular weight excluding hydrogens is 414 g/mol. The van der Waals surface area contributed by atoms with Crippen LogP contribution in [-0.4, -0.2) is 28.4 Å². The minimum atomic E-state index is 0.0687. The van der Waals surface area contributed by atoms with Gasteiger partial charge >= 0.3 is 0 Å². The van der Waals surface area contributed by atoms with Gasteiger partial charge in [0.05, 0.1) is 28.6 Å². The summed E-state index contributed by atoms with van der Waals surface area (Å²) in [5.74, 6) is 1.21. The molecule has 0 aliphatic heterocycles. The summed E-state index contributed by atoms with van der Waals surface area (Å²) in [7, 11) is 1.58. The number of nitrogens with one attached hydrogen (secondary N) is 1. The molecule has 0 bridgehead atoms. The van der Waals surface area contributed by atoms with Gasteiger partial charge in [-0.1, -0.05) is 17.7 Å². The van der Waals surface area contributed by atoms with Crippen LogP contribution < -0.4 is 9.46 Å². The summed E-state index contributed by atoms with van der Waals surface area (Å²) in [6.45, 7) is 0.584. The molecule has 126 valence electrons. The third-order valence-electron chi connectivity index (χ3n) is 3.42. The van der Waals surface area contributed by atoms with Crippen molar-refractivity contribution in [3.8, 4) is 5.88 Å². The molecule has 0 atom stereocenters. The van der Waals surface area contributed by atoms with Gasteiger partial charge in [0, 0.05) is 23.2 Å². The highest BCUT2D eigenvalue weighted by Crippen LogP contribution is 2.33. The number of fused-ring (bicyclic) bond motifs is 1. The zero-order valence-electron chi connectivity index (χ0n) is 12.8. The van der Waals surface area contributed by atoms with Crippen molar-refractivity contribution in [2.24, 2.45) is 0 Å². The van der Waals surface area contributed by atoms with Crippen molar-refractivity contribution in [2.75, 3.05) is 18.4 Å². The highest BCUT2D eigenvalue weighted by molar-refractivity contribution is 9.10. The first-order valence-electron chi connectivity index (χ1n) is 7.15. The Balaban J connectivity index is 1.87. The van der Waals surface area contributed by atoms with Crippen molar-refractivity contribution in [3.05, 3.63) is 46.0 Å². The Morgan fingerprint density at radius 1 is 1.38 bits per heavy atom. The van der Waals surface area contributed by atoms with Crippen LogP contribution >= 0.6 is 39.5 Å². The molecule has 0 spiro atoms. The number of methoxy groups -OCH3 is 1. The number of benzene rings is 1. The second-order valence-corrected chi connectivity index (χ2v) is 7.10. The monoisotopic (exact) mass is 427 g/mol. The third kappa shape index (κ3) is 3.64. The van der Waals surface area contributed by atoms with Crippen LogP contribution in [0, 0.1) is 0 Å². The number of hydrogen-bond donors (Lipinski definition) is 2. The fourth-order valence-corrected chi connectivity index (χ4v) is 3.68. The lowest BCUT2D eigenvalue weighted by atomic mass is 10.2. The first kappa shape index (κ1) is 17.4. The molecule has 0 saturated carbocycles. The number of nitrogens with zero attached hydrogens (tertiary/aromatic N) is 2.